The zero-order valence-electron chi connectivity index (χ0n) is 13.0. The van der Waals surface area contributed by atoms with Crippen molar-refractivity contribution in [2.75, 3.05) is 31.1 Å². The van der Waals surface area contributed by atoms with E-state index in [1.165, 1.54) is 0 Å². The van der Waals surface area contributed by atoms with Crippen molar-refractivity contribution < 1.29 is 9.53 Å². The number of anilines is 1. The number of nitrogens with zero attached hydrogens (tertiary/aromatic N) is 2. The predicted molar refractivity (Wildman–Crippen MR) is 94.9 cm³/mol. The van der Waals surface area contributed by atoms with Crippen LogP contribution in [0.3, 0.4) is 0 Å². The highest BCUT2D eigenvalue weighted by molar-refractivity contribution is 6.33. The second-order valence-corrected chi connectivity index (χ2v) is 6.27. The minimum Gasteiger partial charge on any atom is -0.457 e. The van der Waals surface area contributed by atoms with Crippen LogP contribution in [0.2, 0.25) is 10.0 Å². The third kappa shape index (κ3) is 3.98. The molecule has 1 N–H and O–H groups in total. The lowest BCUT2D eigenvalue weighted by Crippen LogP contribution is -2.44. The summed E-state index contributed by atoms with van der Waals surface area (Å²) in [5, 5.41) is 4.34. The highest BCUT2D eigenvalue weighted by atomic mass is 35.5. The fourth-order valence-electron chi connectivity index (χ4n) is 2.56. The smallest absolute Gasteiger partial charge is 0.342 e. The maximum absolute atomic E-state index is 12.5. The molecular weight excluding hydrogens is 349 g/mol. The van der Waals surface area contributed by atoms with Crippen molar-refractivity contribution in [1.82, 2.24) is 10.3 Å². The summed E-state index contributed by atoms with van der Waals surface area (Å²) in [7, 11) is 0. The third-order valence-corrected chi connectivity index (χ3v) is 4.39. The van der Waals surface area contributed by atoms with Crippen LogP contribution < -0.4 is 10.2 Å². The fourth-order valence-corrected chi connectivity index (χ4v) is 2.93. The average molecular weight is 366 g/mol. The molecule has 0 atom stereocenters. The van der Waals surface area contributed by atoms with Gasteiger partial charge in [-0.1, -0.05) is 23.2 Å². The normalized spacial score (nSPS) is 14.5. The number of pyridine rings is 1. The maximum atomic E-state index is 12.5. The van der Waals surface area contributed by atoms with E-state index in [4.69, 9.17) is 27.9 Å². The molecule has 0 spiro atoms. The van der Waals surface area contributed by atoms with Gasteiger partial charge in [0.25, 0.3) is 0 Å². The van der Waals surface area contributed by atoms with Crippen molar-refractivity contribution in [3.63, 3.8) is 0 Å². The van der Waals surface area contributed by atoms with Crippen molar-refractivity contribution in [3.8, 4) is 0 Å². The number of piperazine rings is 1. The number of carbonyl (C=O) groups is 1. The van der Waals surface area contributed by atoms with Crippen molar-refractivity contribution in [2.45, 2.75) is 6.61 Å². The summed E-state index contributed by atoms with van der Waals surface area (Å²) in [5.41, 5.74) is 1.13. The summed E-state index contributed by atoms with van der Waals surface area (Å²) in [6.45, 7) is 3.40. The number of rotatable bonds is 4. The number of esters is 1. The lowest BCUT2D eigenvalue weighted by Gasteiger charge is -2.29. The van der Waals surface area contributed by atoms with Crippen LogP contribution in [0.1, 0.15) is 15.9 Å². The van der Waals surface area contributed by atoms with Crippen LogP contribution in [0.15, 0.2) is 36.5 Å². The van der Waals surface area contributed by atoms with Gasteiger partial charge >= 0.3 is 5.97 Å². The van der Waals surface area contributed by atoms with E-state index in [0.717, 1.165) is 26.2 Å². The van der Waals surface area contributed by atoms with Crippen molar-refractivity contribution in [1.29, 1.82) is 0 Å². The number of nitrogens with one attached hydrogen (secondary N) is 1. The minimum atomic E-state index is -0.423. The summed E-state index contributed by atoms with van der Waals surface area (Å²) < 4.78 is 5.42. The second kappa shape index (κ2) is 7.83. The molecule has 126 valence electrons. The summed E-state index contributed by atoms with van der Waals surface area (Å²) in [6.07, 6.45) is 1.68. The van der Waals surface area contributed by atoms with Crippen molar-refractivity contribution in [2.24, 2.45) is 0 Å². The Bertz CT molecular complexity index is 734. The van der Waals surface area contributed by atoms with Crippen LogP contribution in [0, 0.1) is 0 Å². The van der Waals surface area contributed by atoms with E-state index in [-0.39, 0.29) is 6.61 Å². The van der Waals surface area contributed by atoms with Crippen LogP contribution >= 0.6 is 23.2 Å². The third-order valence-electron chi connectivity index (χ3n) is 3.79. The van der Waals surface area contributed by atoms with Gasteiger partial charge in [0.1, 0.15) is 18.0 Å². The number of hydrogen-bond donors (Lipinski definition) is 1. The van der Waals surface area contributed by atoms with Gasteiger partial charge in [-0.05, 0) is 30.3 Å². The first-order valence-corrected chi connectivity index (χ1v) is 8.42. The highest BCUT2D eigenvalue weighted by Gasteiger charge is 2.20. The van der Waals surface area contributed by atoms with Gasteiger partial charge < -0.3 is 15.0 Å². The maximum Gasteiger partial charge on any atom is 0.342 e. The summed E-state index contributed by atoms with van der Waals surface area (Å²) in [4.78, 5) is 18.9. The molecule has 1 saturated heterocycles. The molecule has 3 rings (SSSR count). The molecule has 0 saturated carbocycles. The second-order valence-electron chi connectivity index (χ2n) is 5.42. The average Bonchev–Trinajstić information content (AvgIpc) is 2.63. The Balaban J connectivity index is 1.74. The first-order valence-electron chi connectivity index (χ1n) is 7.67. The lowest BCUT2D eigenvalue weighted by atomic mass is 10.2. The zero-order chi connectivity index (χ0) is 16.9. The molecule has 0 unspecified atom stereocenters. The van der Waals surface area contributed by atoms with Gasteiger partial charge in [-0.3, -0.25) is 0 Å². The van der Waals surface area contributed by atoms with Gasteiger partial charge in [0.2, 0.25) is 0 Å². The Morgan fingerprint density at radius 1 is 1.25 bits per heavy atom. The van der Waals surface area contributed by atoms with E-state index in [9.17, 15) is 4.79 Å². The molecule has 2 heterocycles. The molecular formula is C17H17Cl2N3O2. The zero-order valence-corrected chi connectivity index (χ0v) is 14.5. The number of benzene rings is 1. The van der Waals surface area contributed by atoms with E-state index < -0.39 is 5.97 Å². The van der Waals surface area contributed by atoms with E-state index in [2.05, 4.69) is 15.2 Å². The van der Waals surface area contributed by atoms with Gasteiger partial charge in [-0.15, -0.1) is 0 Å². The molecule has 0 bridgehead atoms. The molecule has 2 aromatic rings. The first-order chi connectivity index (χ1) is 11.6. The van der Waals surface area contributed by atoms with Crippen LogP contribution in [-0.2, 0) is 11.3 Å². The molecule has 1 aromatic heterocycles. The summed E-state index contributed by atoms with van der Waals surface area (Å²) >= 11 is 12.1. The van der Waals surface area contributed by atoms with E-state index in [1.54, 1.807) is 36.5 Å². The number of ether oxygens (including phenoxy) is 1. The SMILES string of the molecule is O=C(OCc1cc(Cl)ccc1Cl)c1cccnc1N1CCNCC1. The van der Waals surface area contributed by atoms with Crippen LogP contribution in [0.5, 0.6) is 0 Å². The largest absolute Gasteiger partial charge is 0.457 e. The molecule has 24 heavy (non-hydrogen) atoms. The predicted octanol–water partition coefficient (Wildman–Crippen LogP) is 3.16. The van der Waals surface area contributed by atoms with E-state index >= 15 is 0 Å². The summed E-state index contributed by atoms with van der Waals surface area (Å²) in [6, 6.07) is 8.53. The molecule has 0 radical (unpaired) electrons. The topological polar surface area (TPSA) is 54.5 Å². The monoisotopic (exact) mass is 365 g/mol. The molecule has 1 aromatic carbocycles. The Morgan fingerprint density at radius 3 is 2.83 bits per heavy atom. The Kier molecular flexibility index (Phi) is 5.56. The van der Waals surface area contributed by atoms with Crippen LogP contribution in [0.25, 0.3) is 0 Å². The molecule has 0 aliphatic carbocycles. The van der Waals surface area contributed by atoms with Gasteiger partial charge in [0.15, 0.2) is 0 Å². The first kappa shape index (κ1) is 17.0. The Labute approximate surface area is 150 Å². The Morgan fingerprint density at radius 2 is 2.04 bits per heavy atom. The van der Waals surface area contributed by atoms with Gasteiger partial charge in [-0.25, -0.2) is 9.78 Å². The van der Waals surface area contributed by atoms with Gasteiger partial charge in [0.05, 0.1) is 0 Å². The molecule has 1 aliphatic rings. The fraction of sp³-hybridized carbons (Fsp3) is 0.294. The number of aromatic nitrogens is 1. The highest BCUT2D eigenvalue weighted by Crippen LogP contribution is 2.23. The summed E-state index contributed by atoms with van der Waals surface area (Å²) in [5.74, 6) is 0.230. The minimum absolute atomic E-state index is 0.0636. The number of hydrogen-bond acceptors (Lipinski definition) is 5. The van der Waals surface area contributed by atoms with Crippen molar-refractivity contribution in [3.05, 3.63) is 57.7 Å². The number of halogens is 2. The number of carbonyl (C=O) groups excluding carboxylic acids is 1. The van der Waals surface area contributed by atoms with Gasteiger partial charge in [0, 0.05) is 48.0 Å². The lowest BCUT2D eigenvalue weighted by molar-refractivity contribution is 0.0473. The van der Waals surface area contributed by atoms with E-state index in [1.807, 2.05) is 0 Å². The molecule has 1 fully saturated rings. The molecule has 1 aliphatic heterocycles. The molecule has 0 amide bonds. The quantitative estimate of drug-likeness (QED) is 0.843. The standard InChI is InChI=1S/C17H17Cl2N3O2/c18-13-3-4-15(19)12(10-13)11-24-17(23)14-2-1-5-21-16(14)22-8-6-20-7-9-22/h1-5,10,20H,6-9,11H2. The van der Waals surface area contributed by atoms with Crippen LogP contribution in [0.4, 0.5) is 5.82 Å². The molecule has 5 nitrogen and oxygen atoms in total. The van der Waals surface area contributed by atoms with E-state index in [0.29, 0.717) is 27.0 Å². The van der Waals surface area contributed by atoms with Crippen molar-refractivity contribution >= 4 is 35.0 Å². The molecule has 7 heteroatoms. The van der Waals surface area contributed by atoms with Crippen LogP contribution in [-0.4, -0.2) is 37.1 Å². The van der Waals surface area contributed by atoms with Gasteiger partial charge in [-0.2, -0.15) is 0 Å². The Hall–Kier alpha value is -1.82.